The van der Waals surface area contributed by atoms with Crippen LogP contribution in [0.2, 0.25) is 5.02 Å². The number of nitro benzene ring substituents is 1. The molecule has 39 heavy (non-hydrogen) atoms. The van der Waals surface area contributed by atoms with Crippen molar-refractivity contribution in [1.82, 2.24) is 14.8 Å². The highest BCUT2D eigenvalue weighted by atomic mass is 35.5. The monoisotopic (exact) mass is 546 g/mol. The van der Waals surface area contributed by atoms with Gasteiger partial charge in [-0.05, 0) is 42.2 Å². The quantitative estimate of drug-likeness (QED) is 0.168. The number of nitro groups is 1. The summed E-state index contributed by atoms with van der Waals surface area (Å²) in [5, 5.41) is 12.4. The van der Waals surface area contributed by atoms with E-state index in [0.717, 1.165) is 28.5 Å². The molecule has 1 heterocycles. The first-order valence-electron chi connectivity index (χ1n) is 13.0. The number of fused-ring (bicyclic) bond motifs is 1. The molecule has 202 valence electrons. The summed E-state index contributed by atoms with van der Waals surface area (Å²) in [5.74, 6) is -0.625. The highest BCUT2D eigenvalue weighted by molar-refractivity contribution is 6.32. The lowest BCUT2D eigenvalue weighted by Gasteiger charge is -2.28. The number of aromatic amines is 1. The Balaban J connectivity index is 1.56. The molecular formula is C30H31ClN4O4. The fourth-order valence-electron chi connectivity index (χ4n) is 4.52. The molecule has 3 aromatic carbocycles. The number of hydrogen-bond acceptors (Lipinski definition) is 4. The van der Waals surface area contributed by atoms with E-state index in [1.54, 1.807) is 4.90 Å². The van der Waals surface area contributed by atoms with Crippen molar-refractivity contribution < 1.29 is 14.5 Å². The topological polar surface area (TPSA) is 99.6 Å². The van der Waals surface area contributed by atoms with Crippen LogP contribution in [-0.4, -0.2) is 51.2 Å². The van der Waals surface area contributed by atoms with Crippen molar-refractivity contribution in [2.45, 2.75) is 32.7 Å². The summed E-state index contributed by atoms with van der Waals surface area (Å²) in [4.78, 5) is 44.4. The molecule has 0 atom stereocenters. The van der Waals surface area contributed by atoms with Crippen LogP contribution in [0.15, 0.2) is 79.0 Å². The molecular weight excluding hydrogens is 516 g/mol. The summed E-state index contributed by atoms with van der Waals surface area (Å²) in [7, 11) is 0. The maximum absolute atomic E-state index is 13.7. The molecule has 0 saturated carbocycles. The Kier molecular flexibility index (Phi) is 9.33. The molecule has 0 aliphatic carbocycles. The second kappa shape index (κ2) is 13.1. The van der Waals surface area contributed by atoms with Crippen molar-refractivity contribution in [3.63, 3.8) is 0 Å². The molecule has 0 bridgehead atoms. The molecule has 0 aliphatic rings. The van der Waals surface area contributed by atoms with E-state index in [1.165, 1.54) is 23.1 Å². The van der Waals surface area contributed by atoms with E-state index >= 15 is 0 Å². The number of carbonyl (C=O) groups excluding carboxylic acids is 2. The predicted molar refractivity (Wildman–Crippen MR) is 153 cm³/mol. The van der Waals surface area contributed by atoms with Crippen molar-refractivity contribution in [1.29, 1.82) is 0 Å². The molecule has 0 radical (unpaired) electrons. The van der Waals surface area contributed by atoms with E-state index in [1.807, 2.05) is 61.7 Å². The number of amides is 2. The fourth-order valence-corrected chi connectivity index (χ4v) is 4.71. The van der Waals surface area contributed by atoms with E-state index in [0.29, 0.717) is 32.5 Å². The van der Waals surface area contributed by atoms with Gasteiger partial charge in [0.25, 0.3) is 11.6 Å². The first kappa shape index (κ1) is 27.9. The summed E-state index contributed by atoms with van der Waals surface area (Å²) in [6.07, 6.45) is 4.14. The molecule has 9 heteroatoms. The van der Waals surface area contributed by atoms with Crippen LogP contribution in [0.5, 0.6) is 0 Å². The minimum absolute atomic E-state index is 0.0425. The number of benzene rings is 3. The normalized spacial score (nSPS) is 10.9. The van der Waals surface area contributed by atoms with Gasteiger partial charge in [-0.1, -0.05) is 73.5 Å². The first-order valence-corrected chi connectivity index (χ1v) is 13.3. The first-order chi connectivity index (χ1) is 18.9. The molecule has 4 rings (SSSR count). The molecule has 2 amide bonds. The number of para-hydroxylation sites is 1. The van der Waals surface area contributed by atoms with Crippen LogP contribution < -0.4 is 0 Å². The second-order valence-corrected chi connectivity index (χ2v) is 9.82. The van der Waals surface area contributed by atoms with Gasteiger partial charge in [-0.15, -0.1) is 0 Å². The van der Waals surface area contributed by atoms with Crippen molar-refractivity contribution >= 4 is 40.0 Å². The predicted octanol–water partition coefficient (Wildman–Crippen LogP) is 6.24. The van der Waals surface area contributed by atoms with Gasteiger partial charge in [0, 0.05) is 48.4 Å². The Hall–Kier alpha value is -4.17. The Labute approximate surface area is 232 Å². The summed E-state index contributed by atoms with van der Waals surface area (Å²) < 4.78 is 0. The van der Waals surface area contributed by atoms with Gasteiger partial charge in [0.1, 0.15) is 11.6 Å². The molecule has 4 aromatic rings. The van der Waals surface area contributed by atoms with E-state index in [2.05, 4.69) is 11.1 Å². The highest BCUT2D eigenvalue weighted by Crippen LogP contribution is 2.26. The number of rotatable bonds is 12. The van der Waals surface area contributed by atoms with Crippen LogP contribution in [-0.2, 0) is 17.8 Å². The van der Waals surface area contributed by atoms with Gasteiger partial charge in [-0.25, -0.2) is 0 Å². The molecule has 1 N–H and O–H groups in total. The number of unbranched alkanes of at least 4 members (excludes halogenated alkanes) is 1. The van der Waals surface area contributed by atoms with Crippen molar-refractivity contribution in [3.05, 3.63) is 111 Å². The van der Waals surface area contributed by atoms with Crippen LogP contribution in [0.4, 0.5) is 5.69 Å². The summed E-state index contributed by atoms with van der Waals surface area (Å²) in [6, 6.07) is 21.8. The van der Waals surface area contributed by atoms with Gasteiger partial charge in [0.05, 0.1) is 4.92 Å². The molecule has 0 saturated heterocycles. The zero-order valence-electron chi connectivity index (χ0n) is 21.8. The molecule has 0 aliphatic heterocycles. The zero-order valence-corrected chi connectivity index (χ0v) is 22.6. The smallest absolute Gasteiger partial charge is 0.288 e. The van der Waals surface area contributed by atoms with Gasteiger partial charge in [-0.2, -0.15) is 0 Å². The number of hydrogen-bond donors (Lipinski definition) is 1. The average molecular weight is 547 g/mol. The van der Waals surface area contributed by atoms with E-state index < -0.39 is 10.8 Å². The molecule has 1 aromatic heterocycles. The maximum Gasteiger partial charge on any atom is 0.288 e. The lowest BCUT2D eigenvalue weighted by Crippen LogP contribution is -2.43. The van der Waals surface area contributed by atoms with Gasteiger partial charge in [0.15, 0.2) is 0 Å². The Morgan fingerprint density at radius 2 is 1.72 bits per heavy atom. The molecule has 8 nitrogen and oxygen atoms in total. The van der Waals surface area contributed by atoms with E-state index in [9.17, 15) is 19.7 Å². The van der Waals surface area contributed by atoms with Crippen molar-refractivity contribution in [3.8, 4) is 0 Å². The molecule has 0 unspecified atom stereocenters. The van der Waals surface area contributed by atoms with Gasteiger partial charge in [-0.3, -0.25) is 19.7 Å². The number of carbonyl (C=O) groups is 2. The fraction of sp³-hybridized carbons (Fsp3) is 0.267. The zero-order chi connectivity index (χ0) is 27.8. The van der Waals surface area contributed by atoms with Crippen LogP contribution in [0.3, 0.4) is 0 Å². The van der Waals surface area contributed by atoms with Crippen LogP contribution >= 0.6 is 11.6 Å². The van der Waals surface area contributed by atoms with Crippen molar-refractivity contribution in [2.75, 3.05) is 19.6 Å². The summed E-state index contributed by atoms with van der Waals surface area (Å²) >= 11 is 5.95. The number of H-pyrrole nitrogens is 1. The van der Waals surface area contributed by atoms with Crippen molar-refractivity contribution in [2.24, 2.45) is 0 Å². The number of halogens is 1. The SMILES string of the molecule is CCCCN(CC(=O)N(CCc1c[nH]c2ccccc12)Cc1ccccc1)C(=O)c1ccc(Cl)c([N+](=O)[O-])c1. The number of aromatic nitrogens is 1. The largest absolute Gasteiger partial charge is 0.361 e. The lowest BCUT2D eigenvalue weighted by molar-refractivity contribution is -0.384. The highest BCUT2D eigenvalue weighted by Gasteiger charge is 2.25. The van der Waals surface area contributed by atoms with Gasteiger partial charge >= 0.3 is 0 Å². The Morgan fingerprint density at radius 1 is 0.974 bits per heavy atom. The van der Waals surface area contributed by atoms with E-state index in [4.69, 9.17) is 11.6 Å². The van der Waals surface area contributed by atoms with Gasteiger partial charge in [0.2, 0.25) is 5.91 Å². The third kappa shape index (κ3) is 7.03. The summed E-state index contributed by atoms with van der Waals surface area (Å²) in [6.45, 7) is 3.11. The third-order valence-electron chi connectivity index (χ3n) is 6.68. The third-order valence-corrected chi connectivity index (χ3v) is 7.00. The lowest BCUT2D eigenvalue weighted by atomic mass is 10.1. The molecule has 0 fully saturated rings. The molecule has 0 spiro atoms. The standard InChI is InChI=1S/C30H31ClN4O4/c1-2-3-16-34(30(37)23-13-14-26(31)28(18-23)35(38)39)21-29(36)33(20-22-9-5-4-6-10-22)17-15-24-19-32-27-12-8-7-11-25(24)27/h4-14,18-19,32H,2-3,15-17,20-21H2,1H3. The average Bonchev–Trinajstić information content (AvgIpc) is 3.36. The minimum atomic E-state index is -0.618. The maximum atomic E-state index is 13.7. The number of nitrogens with zero attached hydrogens (tertiary/aromatic N) is 3. The van der Waals surface area contributed by atoms with Gasteiger partial charge < -0.3 is 14.8 Å². The minimum Gasteiger partial charge on any atom is -0.361 e. The Morgan fingerprint density at radius 3 is 2.46 bits per heavy atom. The second-order valence-electron chi connectivity index (χ2n) is 9.41. The Bertz CT molecular complexity index is 1450. The number of nitrogens with one attached hydrogen (secondary N) is 1. The van der Waals surface area contributed by atoms with Crippen LogP contribution in [0.1, 0.15) is 41.3 Å². The summed E-state index contributed by atoms with van der Waals surface area (Å²) in [5.41, 5.74) is 2.94. The van der Waals surface area contributed by atoms with Crippen LogP contribution in [0.25, 0.3) is 10.9 Å². The van der Waals surface area contributed by atoms with Crippen LogP contribution in [0, 0.1) is 10.1 Å². The van der Waals surface area contributed by atoms with E-state index in [-0.39, 0.29) is 28.7 Å².